The Hall–Kier alpha value is -4.45. The van der Waals surface area contributed by atoms with Gasteiger partial charge in [0, 0.05) is 22.9 Å². The highest BCUT2D eigenvalue weighted by molar-refractivity contribution is 5.78. The molecule has 0 aliphatic heterocycles. The van der Waals surface area contributed by atoms with Gasteiger partial charge in [-0.3, -0.25) is 4.79 Å². The quantitative estimate of drug-likeness (QED) is 0.305. The van der Waals surface area contributed by atoms with Crippen molar-refractivity contribution in [3.05, 3.63) is 103 Å². The van der Waals surface area contributed by atoms with Crippen molar-refractivity contribution in [2.45, 2.75) is 19.4 Å². The summed E-state index contributed by atoms with van der Waals surface area (Å²) in [5.74, 6) is 0.854. The number of hydrogen-bond donors (Lipinski definition) is 1. The third-order valence-corrected chi connectivity index (χ3v) is 5.43. The van der Waals surface area contributed by atoms with Crippen LogP contribution in [0.2, 0.25) is 0 Å². The zero-order valence-electron chi connectivity index (χ0n) is 18.3. The van der Waals surface area contributed by atoms with Crippen molar-refractivity contribution in [3.63, 3.8) is 0 Å². The summed E-state index contributed by atoms with van der Waals surface area (Å²) < 4.78 is 11.9. The Balaban J connectivity index is 1.36. The van der Waals surface area contributed by atoms with E-state index in [1.165, 1.54) is 0 Å². The number of hydrogen-bond acceptors (Lipinski definition) is 5. The van der Waals surface area contributed by atoms with Crippen molar-refractivity contribution in [1.82, 2.24) is 9.97 Å². The molecule has 3 aromatic carbocycles. The molecule has 0 fully saturated rings. The van der Waals surface area contributed by atoms with Crippen molar-refractivity contribution in [3.8, 4) is 28.3 Å². The van der Waals surface area contributed by atoms with Gasteiger partial charge in [0.25, 0.3) is 0 Å². The molecule has 0 aliphatic carbocycles. The minimum absolute atomic E-state index is 0.0379. The second-order valence-corrected chi connectivity index (χ2v) is 7.85. The summed E-state index contributed by atoms with van der Waals surface area (Å²) in [6, 6.07) is 29.3. The van der Waals surface area contributed by atoms with Crippen LogP contribution in [0.15, 0.2) is 95.4 Å². The van der Waals surface area contributed by atoms with Gasteiger partial charge < -0.3 is 14.3 Å². The van der Waals surface area contributed by atoms with Crippen LogP contribution in [-0.4, -0.2) is 21.0 Å². The number of aryl methyl sites for hydroxylation is 1. The molecular weight excluding hydrogens is 428 g/mol. The number of nitrogens with zero attached hydrogens (tertiary/aromatic N) is 2. The third kappa shape index (κ3) is 4.81. The summed E-state index contributed by atoms with van der Waals surface area (Å²) in [7, 11) is 0. The van der Waals surface area contributed by atoms with Gasteiger partial charge in [-0.1, -0.05) is 54.6 Å². The fraction of sp³-hybridized carbons (Fsp3) is 0.107. The van der Waals surface area contributed by atoms with Crippen molar-refractivity contribution in [2.24, 2.45) is 0 Å². The first-order chi connectivity index (χ1) is 16.7. The van der Waals surface area contributed by atoms with Gasteiger partial charge in [-0.2, -0.15) is 0 Å². The zero-order valence-corrected chi connectivity index (χ0v) is 18.3. The standard InChI is InChI=1S/C28H22N2O4/c31-26(32)17-16-25-30-27(28(34-25)21-7-2-1-3-8-21)20-11-14-23(15-12-20)33-18-22-13-10-19-6-4-5-9-24(19)29-22/h1-15H,16-18H2,(H,31,32). The smallest absolute Gasteiger partial charge is 0.303 e. The molecule has 0 saturated heterocycles. The SMILES string of the molecule is O=C(O)CCc1nc(-c2ccc(OCc3ccc4ccccc4n3)cc2)c(-c2ccccc2)o1. The van der Waals surface area contributed by atoms with E-state index in [1.807, 2.05) is 91.0 Å². The molecule has 0 spiro atoms. The lowest BCUT2D eigenvalue weighted by Crippen LogP contribution is -1.98. The average molecular weight is 450 g/mol. The Morgan fingerprint density at radius 2 is 1.59 bits per heavy atom. The molecule has 2 aromatic heterocycles. The summed E-state index contributed by atoms with van der Waals surface area (Å²) >= 11 is 0. The first-order valence-corrected chi connectivity index (χ1v) is 11.0. The summed E-state index contributed by atoms with van der Waals surface area (Å²) in [6.07, 6.45) is 0.193. The number of aliphatic carboxylic acids is 1. The van der Waals surface area contributed by atoms with E-state index < -0.39 is 5.97 Å². The molecule has 0 saturated carbocycles. The highest BCUT2D eigenvalue weighted by atomic mass is 16.5. The Morgan fingerprint density at radius 1 is 0.824 bits per heavy atom. The van der Waals surface area contributed by atoms with E-state index in [1.54, 1.807) is 0 Å². The number of aromatic nitrogens is 2. The van der Waals surface area contributed by atoms with E-state index in [9.17, 15) is 4.79 Å². The topological polar surface area (TPSA) is 85.5 Å². The molecule has 2 heterocycles. The van der Waals surface area contributed by atoms with Crippen molar-refractivity contribution in [1.29, 1.82) is 0 Å². The van der Waals surface area contributed by atoms with Crippen LogP contribution in [0.3, 0.4) is 0 Å². The lowest BCUT2D eigenvalue weighted by Gasteiger charge is -2.08. The number of ether oxygens (including phenoxy) is 1. The van der Waals surface area contributed by atoms with Crippen LogP contribution in [-0.2, 0) is 17.8 Å². The lowest BCUT2D eigenvalue weighted by molar-refractivity contribution is -0.137. The number of carboxylic acids is 1. The van der Waals surface area contributed by atoms with Crippen LogP contribution >= 0.6 is 0 Å². The molecule has 0 aliphatic rings. The van der Waals surface area contributed by atoms with Gasteiger partial charge in [-0.05, 0) is 36.4 Å². The van der Waals surface area contributed by atoms with Gasteiger partial charge in [-0.25, -0.2) is 9.97 Å². The second-order valence-electron chi connectivity index (χ2n) is 7.85. The molecule has 0 bridgehead atoms. The zero-order chi connectivity index (χ0) is 23.3. The number of rotatable bonds is 8. The van der Waals surface area contributed by atoms with Gasteiger partial charge >= 0.3 is 5.97 Å². The van der Waals surface area contributed by atoms with Crippen LogP contribution in [0.5, 0.6) is 5.75 Å². The van der Waals surface area contributed by atoms with E-state index in [-0.39, 0.29) is 12.8 Å². The Morgan fingerprint density at radius 3 is 2.38 bits per heavy atom. The molecule has 1 N–H and O–H groups in total. The van der Waals surface area contributed by atoms with Gasteiger partial charge in [0.05, 0.1) is 17.6 Å². The number of carbonyl (C=O) groups is 1. The van der Waals surface area contributed by atoms with Crippen LogP contribution in [0.1, 0.15) is 18.0 Å². The number of fused-ring (bicyclic) bond motifs is 1. The maximum atomic E-state index is 11.0. The van der Waals surface area contributed by atoms with Crippen LogP contribution in [0, 0.1) is 0 Å². The first-order valence-electron chi connectivity index (χ1n) is 11.0. The van der Waals surface area contributed by atoms with Crippen LogP contribution in [0.4, 0.5) is 0 Å². The fourth-order valence-electron chi connectivity index (χ4n) is 3.72. The molecule has 6 nitrogen and oxygen atoms in total. The molecule has 0 amide bonds. The second kappa shape index (κ2) is 9.58. The molecule has 5 aromatic rings. The van der Waals surface area contributed by atoms with Gasteiger partial charge in [-0.15, -0.1) is 0 Å². The largest absolute Gasteiger partial charge is 0.487 e. The van der Waals surface area contributed by atoms with Crippen LogP contribution in [0.25, 0.3) is 33.5 Å². The fourth-order valence-corrected chi connectivity index (χ4v) is 3.72. The Labute approximate surface area is 196 Å². The maximum absolute atomic E-state index is 11.0. The minimum Gasteiger partial charge on any atom is -0.487 e. The molecule has 0 atom stereocenters. The Bertz CT molecular complexity index is 1430. The predicted molar refractivity (Wildman–Crippen MR) is 129 cm³/mol. The highest BCUT2D eigenvalue weighted by Gasteiger charge is 2.17. The molecule has 34 heavy (non-hydrogen) atoms. The van der Waals surface area contributed by atoms with Crippen molar-refractivity contribution >= 4 is 16.9 Å². The summed E-state index contributed by atoms with van der Waals surface area (Å²) in [5, 5.41) is 10.1. The van der Waals surface area contributed by atoms with E-state index in [4.69, 9.17) is 14.3 Å². The van der Waals surface area contributed by atoms with Crippen LogP contribution < -0.4 is 4.74 Å². The molecule has 168 valence electrons. The molecule has 0 unspecified atom stereocenters. The molecule has 0 radical (unpaired) electrons. The normalized spacial score (nSPS) is 10.9. The van der Waals surface area contributed by atoms with Gasteiger partial charge in [0.2, 0.25) is 0 Å². The van der Waals surface area contributed by atoms with Gasteiger partial charge in [0.1, 0.15) is 18.1 Å². The number of benzene rings is 3. The monoisotopic (exact) mass is 450 g/mol. The van der Waals surface area contributed by atoms with Crippen molar-refractivity contribution in [2.75, 3.05) is 0 Å². The first kappa shape index (κ1) is 21.4. The van der Waals surface area contributed by atoms with E-state index in [0.29, 0.717) is 24.0 Å². The number of para-hydroxylation sites is 1. The predicted octanol–water partition coefficient (Wildman–Crippen LogP) is 6.15. The third-order valence-electron chi connectivity index (χ3n) is 5.43. The lowest BCUT2D eigenvalue weighted by atomic mass is 10.1. The summed E-state index contributed by atoms with van der Waals surface area (Å²) in [5.41, 5.74) is 4.22. The van der Waals surface area contributed by atoms with E-state index >= 15 is 0 Å². The van der Waals surface area contributed by atoms with E-state index in [0.717, 1.165) is 33.5 Å². The highest BCUT2D eigenvalue weighted by Crippen LogP contribution is 2.34. The summed E-state index contributed by atoms with van der Waals surface area (Å²) in [6.45, 7) is 0.364. The number of oxazole rings is 1. The van der Waals surface area contributed by atoms with E-state index in [2.05, 4.69) is 9.97 Å². The molecule has 6 heteroatoms. The number of carboxylic acid groups (broad SMARTS) is 1. The van der Waals surface area contributed by atoms with Crippen molar-refractivity contribution < 1.29 is 19.1 Å². The molecule has 5 rings (SSSR count). The molecular formula is C28H22N2O4. The maximum Gasteiger partial charge on any atom is 0.303 e. The minimum atomic E-state index is -0.886. The Kier molecular flexibility index (Phi) is 6.03. The van der Waals surface area contributed by atoms with Gasteiger partial charge in [0.15, 0.2) is 11.7 Å². The summed E-state index contributed by atoms with van der Waals surface area (Å²) in [4.78, 5) is 20.2. The number of pyridine rings is 1. The average Bonchev–Trinajstić information content (AvgIpc) is 3.31.